The Morgan fingerprint density at radius 2 is 1.78 bits per heavy atom. The van der Waals surface area contributed by atoms with E-state index in [0.717, 1.165) is 22.7 Å². The molecule has 2 aromatic carbocycles. The van der Waals surface area contributed by atoms with Gasteiger partial charge in [-0.05, 0) is 42.8 Å². The second-order valence-corrected chi connectivity index (χ2v) is 6.22. The summed E-state index contributed by atoms with van der Waals surface area (Å²) in [6.07, 6.45) is 0. The zero-order chi connectivity index (χ0) is 19.2. The van der Waals surface area contributed by atoms with Gasteiger partial charge in [0.15, 0.2) is 0 Å². The molecule has 0 bridgehead atoms. The smallest absolute Gasteiger partial charge is 0.272 e. The van der Waals surface area contributed by atoms with Crippen molar-refractivity contribution in [3.63, 3.8) is 0 Å². The number of benzene rings is 2. The number of amides is 1. The Bertz CT molecular complexity index is 911. The molecule has 1 amide bonds. The number of anilines is 2. The molecule has 0 atom stereocenters. The van der Waals surface area contributed by atoms with E-state index in [9.17, 15) is 4.79 Å². The molecule has 27 heavy (non-hydrogen) atoms. The maximum atomic E-state index is 12.8. The SMILES string of the molecule is COc1ccc(Nc2nc(C)cc(C(=O)N(C)Cc3ccccc3)n2)cc1. The predicted molar refractivity (Wildman–Crippen MR) is 105 cm³/mol. The van der Waals surface area contributed by atoms with E-state index < -0.39 is 0 Å². The molecule has 1 aromatic heterocycles. The number of aryl methyl sites for hydroxylation is 1. The summed E-state index contributed by atoms with van der Waals surface area (Å²) in [5.41, 5.74) is 2.96. The van der Waals surface area contributed by atoms with E-state index in [1.165, 1.54) is 0 Å². The van der Waals surface area contributed by atoms with Gasteiger partial charge in [-0.3, -0.25) is 4.79 Å². The molecule has 0 aliphatic carbocycles. The largest absolute Gasteiger partial charge is 0.497 e. The van der Waals surface area contributed by atoms with Crippen molar-refractivity contribution in [2.45, 2.75) is 13.5 Å². The van der Waals surface area contributed by atoms with Crippen molar-refractivity contribution in [2.75, 3.05) is 19.5 Å². The highest BCUT2D eigenvalue weighted by Crippen LogP contribution is 2.18. The fraction of sp³-hybridized carbons (Fsp3) is 0.190. The zero-order valence-corrected chi connectivity index (χ0v) is 15.6. The zero-order valence-electron chi connectivity index (χ0n) is 15.6. The molecule has 0 saturated carbocycles. The molecule has 3 aromatic rings. The number of rotatable bonds is 6. The van der Waals surface area contributed by atoms with E-state index in [1.807, 2.05) is 61.5 Å². The lowest BCUT2D eigenvalue weighted by molar-refractivity contribution is 0.0779. The highest BCUT2D eigenvalue weighted by Gasteiger charge is 2.15. The standard InChI is InChI=1S/C21H22N4O2/c1-15-13-19(20(26)25(2)14-16-7-5-4-6-8-16)24-21(22-15)23-17-9-11-18(27-3)12-10-17/h4-13H,14H2,1-3H3,(H,22,23,24). The lowest BCUT2D eigenvalue weighted by atomic mass is 10.2. The van der Waals surface area contributed by atoms with Crippen molar-refractivity contribution in [1.82, 2.24) is 14.9 Å². The average molecular weight is 362 g/mol. The molecule has 0 spiro atoms. The average Bonchev–Trinajstić information content (AvgIpc) is 2.68. The fourth-order valence-electron chi connectivity index (χ4n) is 2.66. The van der Waals surface area contributed by atoms with Crippen LogP contribution in [0, 0.1) is 6.92 Å². The van der Waals surface area contributed by atoms with E-state index in [-0.39, 0.29) is 5.91 Å². The Hall–Kier alpha value is -3.41. The van der Waals surface area contributed by atoms with Crippen LogP contribution in [0.2, 0.25) is 0 Å². The van der Waals surface area contributed by atoms with Crippen LogP contribution in [0.25, 0.3) is 0 Å². The van der Waals surface area contributed by atoms with Crippen molar-refractivity contribution in [3.05, 3.63) is 77.6 Å². The molecule has 1 heterocycles. The number of carbonyl (C=O) groups excluding carboxylic acids is 1. The summed E-state index contributed by atoms with van der Waals surface area (Å²) in [5, 5.41) is 3.13. The van der Waals surface area contributed by atoms with E-state index in [4.69, 9.17) is 4.74 Å². The van der Waals surface area contributed by atoms with Gasteiger partial charge in [-0.25, -0.2) is 9.97 Å². The number of hydrogen-bond acceptors (Lipinski definition) is 5. The van der Waals surface area contributed by atoms with Crippen molar-refractivity contribution < 1.29 is 9.53 Å². The molecule has 6 heteroatoms. The number of nitrogens with zero attached hydrogens (tertiary/aromatic N) is 3. The van der Waals surface area contributed by atoms with Gasteiger partial charge in [0.25, 0.3) is 5.91 Å². The van der Waals surface area contributed by atoms with Crippen LogP contribution < -0.4 is 10.1 Å². The first-order valence-corrected chi connectivity index (χ1v) is 8.61. The minimum atomic E-state index is -0.151. The van der Waals surface area contributed by atoms with Gasteiger partial charge in [0.2, 0.25) is 5.95 Å². The van der Waals surface area contributed by atoms with Gasteiger partial charge in [0.05, 0.1) is 7.11 Å². The van der Waals surface area contributed by atoms with E-state index in [0.29, 0.717) is 18.2 Å². The molecule has 0 unspecified atom stereocenters. The summed E-state index contributed by atoms with van der Waals surface area (Å²) in [7, 11) is 3.39. The van der Waals surface area contributed by atoms with Crippen molar-refractivity contribution in [1.29, 1.82) is 0 Å². The first-order chi connectivity index (χ1) is 13.0. The maximum absolute atomic E-state index is 12.8. The number of methoxy groups -OCH3 is 1. The Kier molecular flexibility index (Phi) is 5.66. The Balaban J connectivity index is 1.76. The highest BCUT2D eigenvalue weighted by atomic mass is 16.5. The summed E-state index contributed by atoms with van der Waals surface area (Å²) < 4.78 is 5.16. The highest BCUT2D eigenvalue weighted by molar-refractivity contribution is 5.92. The number of aromatic nitrogens is 2. The molecule has 6 nitrogen and oxygen atoms in total. The van der Waals surface area contributed by atoms with Gasteiger partial charge in [0.1, 0.15) is 11.4 Å². The van der Waals surface area contributed by atoms with Crippen LogP contribution in [0.5, 0.6) is 5.75 Å². The van der Waals surface area contributed by atoms with Gasteiger partial charge in [-0.2, -0.15) is 0 Å². The fourth-order valence-corrected chi connectivity index (χ4v) is 2.66. The number of hydrogen-bond donors (Lipinski definition) is 1. The number of nitrogens with one attached hydrogen (secondary N) is 1. The van der Waals surface area contributed by atoms with E-state index >= 15 is 0 Å². The molecule has 0 radical (unpaired) electrons. The van der Waals surface area contributed by atoms with Gasteiger partial charge >= 0.3 is 0 Å². The topological polar surface area (TPSA) is 67.3 Å². The third-order valence-electron chi connectivity index (χ3n) is 4.03. The molecule has 3 rings (SSSR count). The van der Waals surface area contributed by atoms with Gasteiger partial charge in [0, 0.05) is 25.0 Å². The molecule has 138 valence electrons. The predicted octanol–water partition coefficient (Wildman–Crippen LogP) is 3.81. The Labute approximate surface area is 158 Å². The first-order valence-electron chi connectivity index (χ1n) is 8.61. The minimum absolute atomic E-state index is 0.151. The molecular formula is C21H22N4O2. The molecule has 0 aliphatic heterocycles. The van der Waals surface area contributed by atoms with Crippen LogP contribution in [0.15, 0.2) is 60.7 Å². The third-order valence-corrected chi connectivity index (χ3v) is 4.03. The maximum Gasteiger partial charge on any atom is 0.272 e. The van der Waals surface area contributed by atoms with Crippen LogP contribution in [0.4, 0.5) is 11.6 Å². The normalized spacial score (nSPS) is 10.3. The summed E-state index contributed by atoms with van der Waals surface area (Å²) >= 11 is 0. The summed E-state index contributed by atoms with van der Waals surface area (Å²) in [6, 6.07) is 19.0. The molecule has 0 aliphatic rings. The quantitative estimate of drug-likeness (QED) is 0.722. The minimum Gasteiger partial charge on any atom is -0.497 e. The molecule has 0 saturated heterocycles. The molecule has 1 N–H and O–H groups in total. The van der Waals surface area contributed by atoms with Crippen LogP contribution in [0.1, 0.15) is 21.7 Å². The van der Waals surface area contributed by atoms with Crippen molar-refractivity contribution >= 4 is 17.5 Å². The van der Waals surface area contributed by atoms with E-state index in [2.05, 4.69) is 15.3 Å². The van der Waals surface area contributed by atoms with E-state index in [1.54, 1.807) is 25.1 Å². The Morgan fingerprint density at radius 1 is 1.07 bits per heavy atom. The summed E-state index contributed by atoms with van der Waals surface area (Å²) in [6.45, 7) is 2.36. The van der Waals surface area contributed by atoms with Crippen LogP contribution in [-0.2, 0) is 6.54 Å². The molecular weight excluding hydrogens is 340 g/mol. The monoisotopic (exact) mass is 362 g/mol. The summed E-state index contributed by atoms with van der Waals surface area (Å²) in [5.74, 6) is 1.00. The van der Waals surface area contributed by atoms with Crippen LogP contribution in [-0.4, -0.2) is 34.9 Å². The van der Waals surface area contributed by atoms with Gasteiger partial charge in [-0.15, -0.1) is 0 Å². The van der Waals surface area contributed by atoms with Crippen LogP contribution in [0.3, 0.4) is 0 Å². The van der Waals surface area contributed by atoms with Gasteiger partial charge in [-0.1, -0.05) is 30.3 Å². The van der Waals surface area contributed by atoms with Crippen LogP contribution >= 0.6 is 0 Å². The Morgan fingerprint density at radius 3 is 2.44 bits per heavy atom. The second kappa shape index (κ2) is 8.31. The third kappa shape index (κ3) is 4.82. The number of ether oxygens (including phenoxy) is 1. The lowest BCUT2D eigenvalue weighted by Gasteiger charge is -2.17. The van der Waals surface area contributed by atoms with Crippen molar-refractivity contribution in [2.24, 2.45) is 0 Å². The number of carbonyl (C=O) groups is 1. The van der Waals surface area contributed by atoms with Crippen molar-refractivity contribution in [3.8, 4) is 5.75 Å². The molecule has 0 fully saturated rings. The lowest BCUT2D eigenvalue weighted by Crippen LogP contribution is -2.27. The summed E-state index contributed by atoms with van der Waals surface area (Å²) in [4.78, 5) is 23.2. The first kappa shape index (κ1) is 18.4. The second-order valence-electron chi connectivity index (χ2n) is 6.22. The van der Waals surface area contributed by atoms with Gasteiger partial charge < -0.3 is 15.0 Å².